The van der Waals surface area contributed by atoms with Crippen molar-refractivity contribution in [3.8, 4) is 5.88 Å². The number of carbonyl (C=O) groups excluding carboxylic acids is 1. The lowest BCUT2D eigenvalue weighted by atomic mass is 9.85. The third kappa shape index (κ3) is 4.02. The van der Waals surface area contributed by atoms with Crippen LogP contribution in [-0.2, 0) is 16.0 Å². The fourth-order valence-corrected chi connectivity index (χ4v) is 6.78. The Morgan fingerprint density at radius 1 is 1.10 bits per heavy atom. The number of ether oxygens (including phenoxy) is 1. The standard InChI is InChI=1S/C30H34N4O5/c1-17-11-12-22-24(32(17)30(38)39-3)13-14-25-27(22)31-28(34(25)21-9-6-8-20(15-21)29(36)37)18(2)33-23-10-5-4-7-19(23)16-26(33)35/h4-5,7,10,13-14,16-18,20-21,35H,6,8-9,11-12,15H2,1-3H3,(H,36,37)/t17?,18-,20+,21+/m0/s1. The van der Waals surface area contributed by atoms with Crippen LogP contribution in [0.25, 0.3) is 21.9 Å². The van der Waals surface area contributed by atoms with Crippen LogP contribution in [-0.4, -0.2) is 49.5 Å². The van der Waals surface area contributed by atoms with Crippen LogP contribution >= 0.6 is 0 Å². The van der Waals surface area contributed by atoms with Gasteiger partial charge in [0.15, 0.2) is 5.88 Å². The minimum Gasteiger partial charge on any atom is -0.494 e. The van der Waals surface area contributed by atoms with Gasteiger partial charge in [0, 0.05) is 29.1 Å². The maximum Gasteiger partial charge on any atom is 0.414 e. The Kier molecular flexibility index (Phi) is 6.24. The summed E-state index contributed by atoms with van der Waals surface area (Å²) in [5.74, 6) is -0.234. The second-order valence-electron chi connectivity index (χ2n) is 11.0. The highest BCUT2D eigenvalue weighted by Gasteiger charge is 2.35. The molecule has 9 nitrogen and oxygen atoms in total. The molecule has 9 heteroatoms. The number of anilines is 1. The van der Waals surface area contributed by atoms with Crippen molar-refractivity contribution in [1.82, 2.24) is 14.1 Å². The number of imidazole rings is 1. The lowest BCUT2D eigenvalue weighted by Crippen LogP contribution is -2.42. The summed E-state index contributed by atoms with van der Waals surface area (Å²) in [7, 11) is 1.40. The van der Waals surface area contributed by atoms with Crippen molar-refractivity contribution in [2.45, 2.75) is 70.5 Å². The summed E-state index contributed by atoms with van der Waals surface area (Å²) in [5.41, 5.74) is 4.46. The zero-order valence-electron chi connectivity index (χ0n) is 22.5. The van der Waals surface area contributed by atoms with Crippen LogP contribution in [0.5, 0.6) is 5.88 Å². The molecular weight excluding hydrogens is 496 g/mol. The first kappa shape index (κ1) is 25.3. The first-order valence-corrected chi connectivity index (χ1v) is 13.7. The molecule has 204 valence electrons. The van der Waals surface area contributed by atoms with Gasteiger partial charge in [0.2, 0.25) is 0 Å². The Morgan fingerprint density at radius 2 is 1.90 bits per heavy atom. The average Bonchev–Trinajstić information content (AvgIpc) is 3.49. The summed E-state index contributed by atoms with van der Waals surface area (Å²) >= 11 is 0. The van der Waals surface area contributed by atoms with E-state index in [0.717, 1.165) is 64.7 Å². The number of aryl methyl sites for hydroxylation is 1. The fraction of sp³-hybridized carbons (Fsp3) is 0.433. The number of carboxylic acid groups (broad SMARTS) is 1. The number of hydrogen-bond donors (Lipinski definition) is 2. The summed E-state index contributed by atoms with van der Waals surface area (Å²) in [6.07, 6.45) is 4.05. The molecule has 2 aliphatic rings. The molecule has 1 aliphatic heterocycles. The second-order valence-corrected chi connectivity index (χ2v) is 11.0. The number of aromatic hydroxyl groups is 1. The lowest BCUT2D eigenvalue weighted by Gasteiger charge is -2.34. The summed E-state index contributed by atoms with van der Waals surface area (Å²) in [6, 6.07) is 13.2. The van der Waals surface area contributed by atoms with E-state index in [9.17, 15) is 19.8 Å². The van der Waals surface area contributed by atoms with Crippen molar-refractivity contribution in [1.29, 1.82) is 0 Å². The van der Waals surface area contributed by atoms with E-state index >= 15 is 0 Å². The topological polar surface area (TPSA) is 110 Å². The fourth-order valence-electron chi connectivity index (χ4n) is 6.78. The van der Waals surface area contributed by atoms with Crippen molar-refractivity contribution >= 4 is 39.7 Å². The Balaban J connectivity index is 1.57. The smallest absolute Gasteiger partial charge is 0.414 e. The van der Waals surface area contributed by atoms with Crippen LogP contribution in [0.15, 0.2) is 42.5 Å². The number of rotatable bonds is 4. The molecule has 1 aliphatic carbocycles. The predicted molar refractivity (Wildman–Crippen MR) is 148 cm³/mol. The van der Waals surface area contributed by atoms with E-state index in [-0.39, 0.29) is 24.0 Å². The largest absolute Gasteiger partial charge is 0.494 e. The van der Waals surface area contributed by atoms with Crippen molar-refractivity contribution in [3.05, 3.63) is 53.9 Å². The van der Waals surface area contributed by atoms with Gasteiger partial charge in [0.05, 0.1) is 41.3 Å². The van der Waals surface area contributed by atoms with Crippen LogP contribution in [0.3, 0.4) is 0 Å². The van der Waals surface area contributed by atoms with Gasteiger partial charge in [0.1, 0.15) is 5.82 Å². The van der Waals surface area contributed by atoms with Crippen molar-refractivity contribution < 1.29 is 24.5 Å². The normalized spacial score (nSPS) is 22.1. The number of amides is 1. The van der Waals surface area contributed by atoms with E-state index < -0.39 is 18.0 Å². The molecular formula is C30H34N4O5. The molecule has 2 N–H and O–H groups in total. The van der Waals surface area contributed by atoms with E-state index in [0.29, 0.717) is 12.8 Å². The average molecular weight is 531 g/mol. The molecule has 0 saturated heterocycles. The highest BCUT2D eigenvalue weighted by Crippen LogP contribution is 2.43. The number of methoxy groups -OCH3 is 1. The number of benzene rings is 2. The van der Waals surface area contributed by atoms with E-state index in [1.165, 1.54) is 7.11 Å². The summed E-state index contributed by atoms with van der Waals surface area (Å²) < 4.78 is 9.20. The van der Waals surface area contributed by atoms with Gasteiger partial charge >= 0.3 is 12.1 Å². The predicted octanol–water partition coefficient (Wildman–Crippen LogP) is 6.03. The molecule has 6 rings (SSSR count). The van der Waals surface area contributed by atoms with E-state index in [1.807, 2.05) is 54.8 Å². The molecule has 1 saturated carbocycles. The molecule has 3 heterocycles. The highest BCUT2D eigenvalue weighted by atomic mass is 16.5. The Labute approximate surface area is 226 Å². The minimum atomic E-state index is -0.757. The van der Waals surface area contributed by atoms with Crippen molar-refractivity contribution in [2.24, 2.45) is 5.92 Å². The number of aliphatic carboxylic acids is 1. The molecule has 0 bridgehead atoms. The summed E-state index contributed by atoms with van der Waals surface area (Å²) in [6.45, 7) is 4.04. The SMILES string of the molecule is COC(=O)N1c2ccc3c(nc([C@H](C)n4c(O)cc5ccccc54)n3[C@@H]3CCC[C@@H](C(=O)O)C3)c2CCC1C. The maximum atomic E-state index is 12.7. The van der Waals surface area contributed by atoms with Gasteiger partial charge in [-0.15, -0.1) is 0 Å². The van der Waals surface area contributed by atoms with Gasteiger partial charge < -0.3 is 24.1 Å². The highest BCUT2D eigenvalue weighted by molar-refractivity contribution is 5.95. The van der Waals surface area contributed by atoms with Crippen LogP contribution < -0.4 is 4.90 Å². The zero-order chi connectivity index (χ0) is 27.4. The van der Waals surface area contributed by atoms with Crippen LogP contribution in [0.4, 0.5) is 10.5 Å². The van der Waals surface area contributed by atoms with Crippen molar-refractivity contribution in [3.63, 3.8) is 0 Å². The number of hydrogen-bond acceptors (Lipinski definition) is 5. The lowest BCUT2D eigenvalue weighted by molar-refractivity contribution is -0.143. The number of aromatic nitrogens is 3. The molecule has 1 fully saturated rings. The Morgan fingerprint density at radius 3 is 2.67 bits per heavy atom. The second kappa shape index (κ2) is 9.63. The Bertz CT molecular complexity index is 1590. The first-order chi connectivity index (χ1) is 18.8. The van der Waals surface area contributed by atoms with Gasteiger partial charge in [-0.2, -0.15) is 0 Å². The summed E-state index contributed by atoms with van der Waals surface area (Å²) in [4.78, 5) is 31.6. The number of para-hydroxylation sites is 1. The van der Waals surface area contributed by atoms with Gasteiger partial charge in [-0.3, -0.25) is 9.69 Å². The molecule has 4 aromatic rings. The Hall–Kier alpha value is -4.01. The molecule has 0 radical (unpaired) electrons. The van der Waals surface area contributed by atoms with Gasteiger partial charge in [0.25, 0.3) is 0 Å². The number of carboxylic acids is 1. The maximum absolute atomic E-state index is 12.7. The van der Waals surface area contributed by atoms with E-state index in [1.54, 1.807) is 11.0 Å². The quantitative estimate of drug-likeness (QED) is 0.333. The van der Waals surface area contributed by atoms with Crippen LogP contribution in [0.2, 0.25) is 0 Å². The molecule has 2 aromatic heterocycles. The van der Waals surface area contributed by atoms with Crippen LogP contribution in [0, 0.1) is 5.92 Å². The molecule has 4 atom stereocenters. The van der Waals surface area contributed by atoms with E-state index in [2.05, 4.69) is 4.57 Å². The van der Waals surface area contributed by atoms with Crippen molar-refractivity contribution in [2.75, 3.05) is 12.0 Å². The minimum absolute atomic E-state index is 0.000680. The third-order valence-electron chi connectivity index (χ3n) is 8.70. The zero-order valence-corrected chi connectivity index (χ0v) is 22.5. The van der Waals surface area contributed by atoms with E-state index in [4.69, 9.17) is 9.72 Å². The van der Waals surface area contributed by atoms with Gasteiger partial charge in [-0.25, -0.2) is 9.78 Å². The number of fused-ring (bicyclic) bond motifs is 4. The van der Waals surface area contributed by atoms with Crippen LogP contribution in [0.1, 0.15) is 69.4 Å². The molecule has 2 aromatic carbocycles. The monoisotopic (exact) mass is 530 g/mol. The first-order valence-electron chi connectivity index (χ1n) is 13.7. The number of carbonyl (C=O) groups is 2. The molecule has 0 spiro atoms. The molecule has 1 unspecified atom stereocenters. The van der Waals surface area contributed by atoms with Gasteiger partial charge in [-0.05, 0) is 64.2 Å². The summed E-state index contributed by atoms with van der Waals surface area (Å²) in [5, 5.41) is 21.8. The molecule has 39 heavy (non-hydrogen) atoms. The third-order valence-corrected chi connectivity index (χ3v) is 8.70. The number of nitrogens with zero attached hydrogens (tertiary/aromatic N) is 4. The molecule has 1 amide bonds. The van der Waals surface area contributed by atoms with Gasteiger partial charge in [-0.1, -0.05) is 24.6 Å².